The Bertz CT molecular complexity index is 5460. The summed E-state index contributed by atoms with van der Waals surface area (Å²) < 4.78 is 7.65. The van der Waals surface area contributed by atoms with E-state index in [4.69, 9.17) is 19.9 Å². The Kier molecular flexibility index (Phi) is 12.2. The summed E-state index contributed by atoms with van der Waals surface area (Å²) in [4.78, 5) is 24.4. The molecule has 94 heavy (non-hydrogen) atoms. The highest BCUT2D eigenvalue weighted by atomic mass is 15.1. The molecule has 1 aliphatic rings. The Hall–Kier alpha value is -12.6. The predicted molar refractivity (Wildman–Crippen MR) is 386 cm³/mol. The van der Waals surface area contributed by atoms with E-state index in [9.17, 15) is 0 Å². The summed E-state index contributed by atoms with van der Waals surface area (Å²) in [6.45, 7) is 0. The largest absolute Gasteiger partial charge is 0.306 e. The van der Waals surface area contributed by atoms with Crippen molar-refractivity contribution in [1.82, 2.24) is 33.6 Å². The number of fused-ring (bicyclic) bond motifs is 12. The Morgan fingerprint density at radius 3 is 0.745 bits per heavy atom. The van der Waals surface area contributed by atoms with E-state index in [2.05, 4.69) is 341 Å². The van der Waals surface area contributed by atoms with Crippen LogP contribution in [-0.4, -0.2) is 33.6 Å². The number of rotatable bonds is 10. The summed E-state index contributed by atoms with van der Waals surface area (Å²) >= 11 is 0. The van der Waals surface area contributed by atoms with Gasteiger partial charge in [-0.1, -0.05) is 279 Å². The zero-order chi connectivity index (χ0) is 61.8. The number of nitrogens with zero attached hydrogens (tertiary/aromatic N) is 7. The lowest BCUT2D eigenvalue weighted by molar-refractivity contribution is 0.971. The van der Waals surface area contributed by atoms with E-state index in [0.29, 0.717) is 11.6 Å². The predicted octanol–water partition coefficient (Wildman–Crippen LogP) is 21.7. The molecule has 438 valence electrons. The number of para-hydroxylation sites is 6. The molecule has 0 bridgehead atoms. The van der Waals surface area contributed by atoms with Crippen molar-refractivity contribution in [3.05, 3.63) is 344 Å². The second-order valence-corrected chi connectivity index (χ2v) is 24.3. The van der Waals surface area contributed by atoms with E-state index < -0.39 is 5.92 Å². The van der Waals surface area contributed by atoms with Gasteiger partial charge in [-0.25, -0.2) is 19.9 Å². The van der Waals surface area contributed by atoms with Gasteiger partial charge >= 0.3 is 0 Å². The SMILES string of the molecule is c1ccc(-c2cc(-c3ccccc3)nc(-c3c(C4c5ccccc5-c5ccccc54)c(-c4nc(-c5ccccc5)cc(-c5ccccc5)n4)c(-n4c5ccccc5c5ccccc54)c(-n4c5ccccc5c5ccccc54)c3-n3c4ccccc4c4ccccc43)n2)cc1. The molecule has 19 rings (SSSR count). The van der Waals surface area contributed by atoms with Gasteiger partial charge in [-0.05, 0) is 76.3 Å². The van der Waals surface area contributed by atoms with Gasteiger partial charge in [-0.3, -0.25) is 0 Å². The molecular weight excluding hydrogens is 1140 g/mol. The first-order valence-corrected chi connectivity index (χ1v) is 32.1. The molecule has 0 aliphatic heterocycles. The van der Waals surface area contributed by atoms with Crippen LogP contribution in [0.1, 0.15) is 22.6 Å². The second-order valence-electron chi connectivity index (χ2n) is 24.3. The summed E-state index contributed by atoms with van der Waals surface area (Å²) in [5.74, 6) is 0.638. The molecule has 5 aromatic heterocycles. The molecule has 0 saturated carbocycles. The first-order chi connectivity index (χ1) is 46.7. The number of benzene rings is 13. The maximum absolute atomic E-state index is 6.10. The standard InChI is InChI=1S/C87H55N7/c1-5-29-55(30-6-1)69-53-70(56-31-7-2-8-32-56)89-86(88-69)81-80(79-67-45-15-13-37-59(67)60-38-14-16-46-68(60)79)82(87-90-71(57-33-9-3-10-34-57)54-72(91-87)58-35-11-4-12-36-58)84(93-75-49-25-19-41-63(75)64-42-20-26-50-76(64)93)85(94-77-51-27-21-43-65(77)66-44-22-28-52-78(66)94)83(81)92-73-47-23-17-39-61(73)62-40-18-24-48-74(62)92/h1-54,79H. The van der Waals surface area contributed by atoms with Crippen LogP contribution in [0.3, 0.4) is 0 Å². The van der Waals surface area contributed by atoms with Gasteiger partial charge in [0.05, 0.1) is 84.1 Å². The van der Waals surface area contributed by atoms with Crippen molar-refractivity contribution in [2.24, 2.45) is 0 Å². The van der Waals surface area contributed by atoms with Crippen LogP contribution in [0.4, 0.5) is 0 Å². The van der Waals surface area contributed by atoms with Crippen LogP contribution in [0.2, 0.25) is 0 Å². The quantitative estimate of drug-likeness (QED) is 0.137. The monoisotopic (exact) mass is 1200 g/mol. The van der Waals surface area contributed by atoms with Crippen LogP contribution in [0.5, 0.6) is 0 Å². The fraction of sp³-hybridized carbons (Fsp3) is 0.0115. The summed E-state index contributed by atoms with van der Waals surface area (Å²) in [7, 11) is 0. The van der Waals surface area contributed by atoms with Crippen LogP contribution >= 0.6 is 0 Å². The van der Waals surface area contributed by atoms with Gasteiger partial charge in [-0.15, -0.1) is 0 Å². The smallest absolute Gasteiger partial charge is 0.162 e. The first kappa shape index (κ1) is 53.3. The Morgan fingerprint density at radius 1 is 0.223 bits per heavy atom. The van der Waals surface area contributed by atoms with Gasteiger partial charge in [0, 0.05) is 60.5 Å². The van der Waals surface area contributed by atoms with Gasteiger partial charge in [-0.2, -0.15) is 0 Å². The van der Waals surface area contributed by atoms with E-state index in [0.717, 1.165) is 166 Å². The van der Waals surface area contributed by atoms with Gasteiger partial charge in [0.2, 0.25) is 0 Å². The third-order valence-corrected chi connectivity index (χ3v) is 19.2. The van der Waals surface area contributed by atoms with Crippen molar-refractivity contribution >= 4 is 65.4 Å². The maximum Gasteiger partial charge on any atom is 0.162 e. The molecule has 7 nitrogen and oxygen atoms in total. The molecule has 1 aliphatic carbocycles. The fourth-order valence-electron chi connectivity index (χ4n) is 15.2. The van der Waals surface area contributed by atoms with Gasteiger partial charge in [0.1, 0.15) is 0 Å². The molecule has 0 N–H and O–H groups in total. The lowest BCUT2D eigenvalue weighted by atomic mass is 9.80. The van der Waals surface area contributed by atoms with Crippen LogP contribution < -0.4 is 0 Å². The maximum atomic E-state index is 6.10. The number of hydrogen-bond acceptors (Lipinski definition) is 4. The third-order valence-electron chi connectivity index (χ3n) is 19.2. The molecule has 18 aromatic rings. The lowest BCUT2D eigenvalue weighted by Crippen LogP contribution is -2.18. The number of aromatic nitrogens is 7. The highest BCUT2D eigenvalue weighted by Crippen LogP contribution is 2.58. The average Bonchev–Trinajstić information content (AvgIpc) is 1.39. The molecule has 0 atom stereocenters. The van der Waals surface area contributed by atoms with Crippen LogP contribution in [0.25, 0.3) is 161 Å². The molecular formula is C87H55N7. The molecule has 0 fully saturated rings. The zero-order valence-corrected chi connectivity index (χ0v) is 50.9. The van der Waals surface area contributed by atoms with Gasteiger partial charge < -0.3 is 13.7 Å². The fourth-order valence-corrected chi connectivity index (χ4v) is 15.2. The van der Waals surface area contributed by atoms with Crippen molar-refractivity contribution in [2.75, 3.05) is 0 Å². The highest BCUT2D eigenvalue weighted by molar-refractivity contribution is 6.16. The number of hydrogen-bond donors (Lipinski definition) is 0. The van der Waals surface area contributed by atoms with Crippen LogP contribution in [-0.2, 0) is 0 Å². The Morgan fingerprint density at radius 2 is 0.457 bits per heavy atom. The Balaban J connectivity index is 1.17. The van der Waals surface area contributed by atoms with E-state index in [1.54, 1.807) is 0 Å². The van der Waals surface area contributed by atoms with Crippen LogP contribution in [0, 0.1) is 0 Å². The van der Waals surface area contributed by atoms with Crippen LogP contribution in [0.15, 0.2) is 328 Å². The normalized spacial score (nSPS) is 12.2. The third kappa shape index (κ3) is 8.24. The second kappa shape index (κ2) is 21.6. The molecule has 5 heterocycles. The van der Waals surface area contributed by atoms with Crippen molar-refractivity contribution in [2.45, 2.75) is 5.92 Å². The first-order valence-electron chi connectivity index (χ1n) is 32.1. The van der Waals surface area contributed by atoms with Gasteiger partial charge in [0.15, 0.2) is 11.6 Å². The van der Waals surface area contributed by atoms with E-state index in [1.807, 2.05) is 0 Å². The molecule has 0 radical (unpaired) electrons. The minimum absolute atomic E-state index is 0.461. The summed E-state index contributed by atoms with van der Waals surface area (Å²) in [6.07, 6.45) is 0. The van der Waals surface area contributed by atoms with Gasteiger partial charge in [0.25, 0.3) is 0 Å². The van der Waals surface area contributed by atoms with E-state index in [1.165, 1.54) is 0 Å². The summed E-state index contributed by atoms with van der Waals surface area (Å²) in [5.41, 5.74) is 23.2. The lowest BCUT2D eigenvalue weighted by Gasteiger charge is -2.32. The van der Waals surface area contributed by atoms with Crippen molar-refractivity contribution < 1.29 is 0 Å². The summed E-state index contributed by atoms with van der Waals surface area (Å²) in [6, 6.07) is 118. The van der Waals surface area contributed by atoms with Crippen molar-refractivity contribution in [3.63, 3.8) is 0 Å². The minimum Gasteiger partial charge on any atom is -0.306 e. The molecule has 7 heteroatoms. The molecule has 0 unspecified atom stereocenters. The zero-order valence-electron chi connectivity index (χ0n) is 50.9. The molecule has 0 spiro atoms. The van der Waals surface area contributed by atoms with Crippen molar-refractivity contribution in [3.8, 4) is 96.0 Å². The summed E-state index contributed by atoms with van der Waals surface area (Å²) in [5, 5.41) is 6.71. The highest BCUT2D eigenvalue weighted by Gasteiger charge is 2.42. The molecule has 0 saturated heterocycles. The van der Waals surface area contributed by atoms with Crippen molar-refractivity contribution in [1.29, 1.82) is 0 Å². The van der Waals surface area contributed by atoms with E-state index >= 15 is 0 Å². The molecule has 0 amide bonds. The topological polar surface area (TPSA) is 66.3 Å². The minimum atomic E-state index is -0.461. The Labute approximate surface area is 542 Å². The van der Waals surface area contributed by atoms with E-state index in [-0.39, 0.29) is 0 Å². The molecule has 13 aromatic carbocycles. The average molecular weight is 1200 g/mol.